The van der Waals surface area contributed by atoms with E-state index in [-0.39, 0.29) is 18.3 Å². The third kappa shape index (κ3) is 6.40. The average Bonchev–Trinajstić information content (AvgIpc) is 2.58. The van der Waals surface area contributed by atoms with Crippen molar-refractivity contribution in [1.82, 2.24) is 10.2 Å². The molecule has 1 aromatic carbocycles. The minimum absolute atomic E-state index is 0.00311. The number of hydrogen-bond acceptors (Lipinski definition) is 4. The highest BCUT2D eigenvalue weighted by atomic mass is 16.5. The Kier molecular flexibility index (Phi) is 7.07. The van der Waals surface area contributed by atoms with Crippen molar-refractivity contribution in [3.05, 3.63) is 29.8 Å². The summed E-state index contributed by atoms with van der Waals surface area (Å²) in [6.45, 7) is 5.63. The predicted octanol–water partition coefficient (Wildman–Crippen LogP) is 2.26. The summed E-state index contributed by atoms with van der Waals surface area (Å²) < 4.78 is 5.42. The minimum Gasteiger partial charge on any atom is -0.484 e. The van der Waals surface area contributed by atoms with E-state index in [1.54, 1.807) is 24.3 Å². The summed E-state index contributed by atoms with van der Waals surface area (Å²) in [6, 6.07) is 6.82. The molecule has 0 spiro atoms. The molecule has 1 saturated heterocycles. The van der Waals surface area contributed by atoms with E-state index >= 15 is 0 Å². The van der Waals surface area contributed by atoms with Gasteiger partial charge in [-0.2, -0.15) is 0 Å². The molecule has 0 radical (unpaired) electrons. The fourth-order valence-electron chi connectivity index (χ4n) is 2.70. The maximum atomic E-state index is 11.7. The van der Waals surface area contributed by atoms with E-state index < -0.39 is 0 Å². The topological polar surface area (TPSA) is 58.6 Å². The third-order valence-corrected chi connectivity index (χ3v) is 4.05. The molecule has 0 saturated carbocycles. The Balaban J connectivity index is 1.58. The van der Waals surface area contributed by atoms with Crippen LogP contribution in [0, 0.1) is 0 Å². The zero-order chi connectivity index (χ0) is 16.5. The molecule has 1 fully saturated rings. The Labute approximate surface area is 138 Å². The molecule has 23 heavy (non-hydrogen) atoms. The van der Waals surface area contributed by atoms with E-state index in [2.05, 4.69) is 10.2 Å². The van der Waals surface area contributed by atoms with Crippen LogP contribution in [0.2, 0.25) is 0 Å². The van der Waals surface area contributed by atoms with E-state index in [9.17, 15) is 9.59 Å². The van der Waals surface area contributed by atoms with Crippen LogP contribution in [-0.2, 0) is 4.79 Å². The summed E-state index contributed by atoms with van der Waals surface area (Å²) in [4.78, 5) is 25.4. The van der Waals surface area contributed by atoms with Gasteiger partial charge in [0.25, 0.3) is 5.91 Å². The van der Waals surface area contributed by atoms with Crippen LogP contribution in [0.5, 0.6) is 5.75 Å². The Morgan fingerprint density at radius 3 is 2.48 bits per heavy atom. The van der Waals surface area contributed by atoms with Crippen LogP contribution >= 0.6 is 0 Å². The molecule has 0 aliphatic carbocycles. The number of rotatable bonds is 8. The normalized spacial score (nSPS) is 15.2. The molecular formula is C18H26N2O3. The van der Waals surface area contributed by atoms with Crippen LogP contribution in [-0.4, -0.2) is 49.4 Å². The zero-order valence-electron chi connectivity index (χ0n) is 13.8. The molecule has 1 aromatic rings. The van der Waals surface area contributed by atoms with Gasteiger partial charge < -0.3 is 15.0 Å². The molecule has 0 unspecified atom stereocenters. The van der Waals surface area contributed by atoms with Gasteiger partial charge in [0.2, 0.25) is 0 Å². The highest BCUT2D eigenvalue weighted by Crippen LogP contribution is 2.12. The molecule has 1 aliphatic heterocycles. The van der Waals surface area contributed by atoms with Crippen LogP contribution in [0.15, 0.2) is 24.3 Å². The molecule has 5 nitrogen and oxygen atoms in total. The third-order valence-electron chi connectivity index (χ3n) is 4.05. The lowest BCUT2D eigenvalue weighted by atomic mass is 10.1. The van der Waals surface area contributed by atoms with E-state index in [4.69, 9.17) is 4.74 Å². The van der Waals surface area contributed by atoms with Crippen molar-refractivity contribution >= 4 is 11.7 Å². The van der Waals surface area contributed by atoms with Crippen molar-refractivity contribution in [2.45, 2.75) is 32.6 Å². The van der Waals surface area contributed by atoms with Gasteiger partial charge in [-0.25, -0.2) is 0 Å². The summed E-state index contributed by atoms with van der Waals surface area (Å²) in [7, 11) is 0. The first-order chi connectivity index (χ1) is 11.1. The van der Waals surface area contributed by atoms with Crippen LogP contribution < -0.4 is 10.1 Å². The SMILES string of the molecule is CC(=O)c1ccc(OCC(=O)NCCCN2CCCCC2)cc1. The van der Waals surface area contributed by atoms with Crippen LogP contribution in [0.25, 0.3) is 0 Å². The van der Waals surface area contributed by atoms with Gasteiger partial charge in [-0.05, 0) is 70.1 Å². The Hall–Kier alpha value is -1.88. The number of ketones is 1. The van der Waals surface area contributed by atoms with E-state index in [0.29, 0.717) is 17.9 Å². The zero-order valence-corrected chi connectivity index (χ0v) is 13.8. The second kappa shape index (κ2) is 9.30. The van der Waals surface area contributed by atoms with Gasteiger partial charge in [0.15, 0.2) is 12.4 Å². The number of ether oxygens (including phenoxy) is 1. The smallest absolute Gasteiger partial charge is 0.257 e. The summed E-state index contributed by atoms with van der Waals surface area (Å²) in [5.41, 5.74) is 0.638. The van der Waals surface area contributed by atoms with Crippen molar-refractivity contribution in [2.75, 3.05) is 32.8 Å². The van der Waals surface area contributed by atoms with E-state index in [1.165, 1.54) is 39.3 Å². The number of amides is 1. The summed E-state index contributed by atoms with van der Waals surface area (Å²) >= 11 is 0. The minimum atomic E-state index is -0.112. The fraction of sp³-hybridized carbons (Fsp3) is 0.556. The van der Waals surface area contributed by atoms with Gasteiger partial charge in [-0.3, -0.25) is 9.59 Å². The van der Waals surface area contributed by atoms with Gasteiger partial charge in [0, 0.05) is 12.1 Å². The van der Waals surface area contributed by atoms with Gasteiger partial charge in [0.05, 0.1) is 0 Å². The van der Waals surface area contributed by atoms with E-state index in [0.717, 1.165) is 13.0 Å². The Bertz CT molecular complexity index is 508. The maximum Gasteiger partial charge on any atom is 0.257 e. The average molecular weight is 318 g/mol. The number of piperidine rings is 1. The molecule has 2 rings (SSSR count). The van der Waals surface area contributed by atoms with Gasteiger partial charge >= 0.3 is 0 Å². The first-order valence-electron chi connectivity index (χ1n) is 8.38. The highest BCUT2D eigenvalue weighted by Gasteiger charge is 2.09. The summed E-state index contributed by atoms with van der Waals surface area (Å²) in [5, 5.41) is 2.88. The number of carbonyl (C=O) groups is 2. The lowest BCUT2D eigenvalue weighted by Crippen LogP contribution is -2.34. The Morgan fingerprint density at radius 1 is 1.13 bits per heavy atom. The van der Waals surface area contributed by atoms with Crippen molar-refractivity contribution in [3.63, 3.8) is 0 Å². The first kappa shape index (κ1) is 17.5. The number of carbonyl (C=O) groups excluding carboxylic acids is 2. The number of hydrogen-bond donors (Lipinski definition) is 1. The van der Waals surface area contributed by atoms with Crippen LogP contribution in [0.3, 0.4) is 0 Å². The van der Waals surface area contributed by atoms with E-state index in [1.807, 2.05) is 0 Å². The molecule has 0 aromatic heterocycles. The summed E-state index contributed by atoms with van der Waals surface area (Å²) in [5.74, 6) is 0.501. The second-order valence-corrected chi connectivity index (χ2v) is 5.98. The largest absolute Gasteiger partial charge is 0.484 e. The van der Waals surface area contributed by atoms with Crippen molar-refractivity contribution < 1.29 is 14.3 Å². The predicted molar refractivity (Wildman–Crippen MR) is 89.9 cm³/mol. The lowest BCUT2D eigenvalue weighted by molar-refractivity contribution is -0.123. The molecule has 5 heteroatoms. The Morgan fingerprint density at radius 2 is 1.83 bits per heavy atom. The molecule has 0 atom stereocenters. The van der Waals surface area contributed by atoms with Crippen LogP contribution in [0.4, 0.5) is 0 Å². The number of likely N-dealkylation sites (tertiary alicyclic amines) is 1. The molecule has 1 heterocycles. The molecule has 0 bridgehead atoms. The quantitative estimate of drug-likeness (QED) is 0.590. The highest BCUT2D eigenvalue weighted by molar-refractivity contribution is 5.94. The number of nitrogens with one attached hydrogen (secondary N) is 1. The lowest BCUT2D eigenvalue weighted by Gasteiger charge is -2.26. The maximum absolute atomic E-state index is 11.7. The molecule has 1 amide bonds. The number of Topliss-reactive ketones (excluding diaryl/α,β-unsaturated/α-hetero) is 1. The fourth-order valence-corrected chi connectivity index (χ4v) is 2.70. The van der Waals surface area contributed by atoms with Crippen LogP contribution in [0.1, 0.15) is 43.0 Å². The first-order valence-corrected chi connectivity index (χ1v) is 8.38. The molecule has 1 N–H and O–H groups in total. The monoisotopic (exact) mass is 318 g/mol. The van der Waals surface area contributed by atoms with Gasteiger partial charge in [0.1, 0.15) is 5.75 Å². The van der Waals surface area contributed by atoms with Crippen molar-refractivity contribution in [2.24, 2.45) is 0 Å². The second-order valence-electron chi connectivity index (χ2n) is 5.98. The number of nitrogens with zero attached hydrogens (tertiary/aromatic N) is 1. The molecule has 126 valence electrons. The van der Waals surface area contributed by atoms with Gasteiger partial charge in [-0.15, -0.1) is 0 Å². The van der Waals surface area contributed by atoms with Crippen molar-refractivity contribution in [3.8, 4) is 5.75 Å². The molecule has 1 aliphatic rings. The standard InChI is InChI=1S/C18H26N2O3/c1-15(21)16-6-8-17(9-7-16)23-14-18(22)19-10-5-13-20-11-3-2-4-12-20/h6-9H,2-5,10-14H2,1H3,(H,19,22). The van der Waals surface area contributed by atoms with Gasteiger partial charge in [-0.1, -0.05) is 6.42 Å². The summed E-state index contributed by atoms with van der Waals surface area (Å²) in [6.07, 6.45) is 4.91. The number of benzene rings is 1. The van der Waals surface area contributed by atoms with Crippen molar-refractivity contribution in [1.29, 1.82) is 0 Å². The molecular weight excluding hydrogens is 292 g/mol.